The number of aliphatic hydroxyl groups excluding tert-OH is 1. The van der Waals surface area contributed by atoms with Crippen LogP contribution in [-0.2, 0) is 6.54 Å². The van der Waals surface area contributed by atoms with Crippen LogP contribution in [0.15, 0.2) is 18.2 Å². The Labute approximate surface area is 110 Å². The molecule has 0 spiro atoms. The van der Waals surface area contributed by atoms with Gasteiger partial charge in [0.1, 0.15) is 11.6 Å². The molecule has 1 atom stereocenters. The van der Waals surface area contributed by atoms with Crippen molar-refractivity contribution in [3.05, 3.63) is 35.4 Å². The third kappa shape index (κ3) is 5.21. The molecule has 19 heavy (non-hydrogen) atoms. The van der Waals surface area contributed by atoms with E-state index in [1.807, 2.05) is 6.92 Å². The van der Waals surface area contributed by atoms with Crippen molar-refractivity contribution in [3.63, 3.8) is 0 Å². The van der Waals surface area contributed by atoms with E-state index >= 15 is 0 Å². The van der Waals surface area contributed by atoms with E-state index in [9.17, 15) is 13.6 Å². The summed E-state index contributed by atoms with van der Waals surface area (Å²) < 4.78 is 26.2. The van der Waals surface area contributed by atoms with E-state index in [4.69, 9.17) is 5.11 Å². The van der Waals surface area contributed by atoms with Gasteiger partial charge in [-0.05, 0) is 31.0 Å². The molecule has 4 nitrogen and oxygen atoms in total. The molecule has 2 amide bonds. The van der Waals surface area contributed by atoms with E-state index in [-0.39, 0.29) is 24.8 Å². The van der Waals surface area contributed by atoms with Crippen molar-refractivity contribution in [1.29, 1.82) is 0 Å². The summed E-state index contributed by atoms with van der Waals surface area (Å²) in [6.45, 7) is 1.77. The van der Waals surface area contributed by atoms with Gasteiger partial charge in [0, 0.05) is 24.8 Å². The van der Waals surface area contributed by atoms with Crippen LogP contribution in [0.3, 0.4) is 0 Å². The molecule has 3 N–H and O–H groups in total. The molecule has 6 heteroatoms. The molecule has 1 rings (SSSR count). The Bertz CT molecular complexity index is 427. The number of aliphatic hydroxyl groups is 1. The largest absolute Gasteiger partial charge is 0.396 e. The number of rotatable bonds is 6. The van der Waals surface area contributed by atoms with Gasteiger partial charge in [0.2, 0.25) is 0 Å². The molecule has 0 fully saturated rings. The van der Waals surface area contributed by atoms with Gasteiger partial charge in [-0.1, -0.05) is 6.92 Å². The van der Waals surface area contributed by atoms with Crippen LogP contribution in [0.1, 0.15) is 25.3 Å². The number of hydrogen-bond acceptors (Lipinski definition) is 2. The Balaban J connectivity index is 2.47. The van der Waals surface area contributed by atoms with Crippen molar-refractivity contribution in [1.82, 2.24) is 10.6 Å². The first kappa shape index (κ1) is 15.4. The third-order valence-electron chi connectivity index (χ3n) is 2.75. The van der Waals surface area contributed by atoms with Crippen molar-refractivity contribution in [3.8, 4) is 0 Å². The minimum absolute atomic E-state index is 0.0166. The number of halogens is 2. The highest BCUT2D eigenvalue weighted by Gasteiger charge is 2.10. The fraction of sp³-hybridized carbons (Fsp3) is 0.462. The summed E-state index contributed by atoms with van der Waals surface area (Å²) in [5, 5.41) is 13.9. The van der Waals surface area contributed by atoms with E-state index in [0.29, 0.717) is 12.8 Å². The van der Waals surface area contributed by atoms with Crippen molar-refractivity contribution >= 4 is 6.03 Å². The highest BCUT2D eigenvalue weighted by molar-refractivity contribution is 5.74. The van der Waals surface area contributed by atoms with E-state index in [1.54, 1.807) is 0 Å². The van der Waals surface area contributed by atoms with Gasteiger partial charge in [-0.15, -0.1) is 0 Å². The lowest BCUT2D eigenvalue weighted by atomic mass is 10.1. The Morgan fingerprint density at radius 1 is 1.42 bits per heavy atom. The average molecular weight is 272 g/mol. The fourth-order valence-corrected chi connectivity index (χ4v) is 1.62. The van der Waals surface area contributed by atoms with Crippen molar-refractivity contribution in [2.24, 2.45) is 0 Å². The smallest absolute Gasteiger partial charge is 0.315 e. The summed E-state index contributed by atoms with van der Waals surface area (Å²) in [6, 6.07) is 2.48. The number of carbonyl (C=O) groups excluding carboxylic acids is 1. The topological polar surface area (TPSA) is 61.4 Å². The summed E-state index contributed by atoms with van der Waals surface area (Å²) in [6.07, 6.45) is 1.14. The van der Waals surface area contributed by atoms with E-state index in [2.05, 4.69) is 10.6 Å². The first-order valence-electron chi connectivity index (χ1n) is 6.16. The predicted molar refractivity (Wildman–Crippen MR) is 67.5 cm³/mol. The molecule has 1 aromatic carbocycles. The molecule has 0 aliphatic rings. The molecule has 1 aromatic rings. The van der Waals surface area contributed by atoms with Crippen molar-refractivity contribution in [2.45, 2.75) is 32.4 Å². The number of urea groups is 1. The number of hydrogen-bond donors (Lipinski definition) is 3. The molecule has 0 bridgehead atoms. The molecule has 1 unspecified atom stereocenters. The Hall–Kier alpha value is -1.69. The van der Waals surface area contributed by atoms with Gasteiger partial charge in [-0.3, -0.25) is 0 Å². The van der Waals surface area contributed by atoms with Gasteiger partial charge in [0.05, 0.1) is 0 Å². The second kappa shape index (κ2) is 7.68. The fourth-order valence-electron chi connectivity index (χ4n) is 1.62. The van der Waals surface area contributed by atoms with E-state index in [0.717, 1.165) is 18.2 Å². The maximum absolute atomic E-state index is 13.3. The van der Waals surface area contributed by atoms with Crippen molar-refractivity contribution in [2.75, 3.05) is 6.61 Å². The average Bonchev–Trinajstić information content (AvgIpc) is 2.39. The molecule has 0 radical (unpaired) electrons. The monoisotopic (exact) mass is 272 g/mol. The van der Waals surface area contributed by atoms with E-state index < -0.39 is 17.7 Å². The molecule has 106 valence electrons. The minimum Gasteiger partial charge on any atom is -0.396 e. The first-order chi connectivity index (χ1) is 9.06. The number of benzene rings is 1. The SMILES string of the molecule is CCC(CCO)NC(=O)NCc1cc(F)ccc1F. The van der Waals surface area contributed by atoms with Gasteiger partial charge in [0.15, 0.2) is 0 Å². The molecular weight excluding hydrogens is 254 g/mol. The number of amides is 2. The summed E-state index contributed by atoms with van der Waals surface area (Å²) in [5.74, 6) is -1.12. The minimum atomic E-state index is -0.566. The Morgan fingerprint density at radius 2 is 2.16 bits per heavy atom. The molecule has 0 aromatic heterocycles. The highest BCUT2D eigenvalue weighted by Crippen LogP contribution is 2.09. The number of carbonyl (C=O) groups is 1. The van der Waals surface area contributed by atoms with Gasteiger partial charge < -0.3 is 15.7 Å². The molecule has 0 saturated carbocycles. The van der Waals surface area contributed by atoms with Gasteiger partial charge in [-0.25, -0.2) is 13.6 Å². The molecule has 0 aliphatic carbocycles. The van der Waals surface area contributed by atoms with Gasteiger partial charge in [-0.2, -0.15) is 0 Å². The Kier molecular flexibility index (Phi) is 6.21. The van der Waals surface area contributed by atoms with Crippen LogP contribution in [0.25, 0.3) is 0 Å². The maximum atomic E-state index is 13.3. The summed E-state index contributed by atoms with van der Waals surface area (Å²) >= 11 is 0. The van der Waals surface area contributed by atoms with E-state index in [1.165, 1.54) is 0 Å². The summed E-state index contributed by atoms with van der Waals surface area (Å²) in [5.41, 5.74) is 0.0883. The first-order valence-corrected chi connectivity index (χ1v) is 6.16. The molecular formula is C13H18F2N2O2. The lowest BCUT2D eigenvalue weighted by molar-refractivity contribution is 0.227. The van der Waals surface area contributed by atoms with Crippen LogP contribution in [0.4, 0.5) is 13.6 Å². The summed E-state index contributed by atoms with van der Waals surface area (Å²) in [4.78, 5) is 11.5. The van der Waals surface area contributed by atoms with Gasteiger partial charge >= 0.3 is 6.03 Å². The standard InChI is InChI=1S/C13H18F2N2O2/c1-2-11(5-6-18)17-13(19)16-8-9-7-10(14)3-4-12(9)15/h3-4,7,11,18H,2,5-6,8H2,1H3,(H2,16,17,19). The molecule has 0 aliphatic heterocycles. The zero-order chi connectivity index (χ0) is 14.3. The lowest BCUT2D eigenvalue weighted by Gasteiger charge is -2.16. The van der Waals surface area contributed by atoms with Crippen LogP contribution in [-0.4, -0.2) is 23.8 Å². The van der Waals surface area contributed by atoms with Crippen LogP contribution >= 0.6 is 0 Å². The highest BCUT2D eigenvalue weighted by atomic mass is 19.1. The zero-order valence-corrected chi connectivity index (χ0v) is 10.7. The summed E-state index contributed by atoms with van der Waals surface area (Å²) in [7, 11) is 0. The Morgan fingerprint density at radius 3 is 2.79 bits per heavy atom. The molecule has 0 heterocycles. The molecule has 0 saturated heterocycles. The normalized spacial score (nSPS) is 12.0. The van der Waals surface area contributed by atoms with Crippen LogP contribution in [0.2, 0.25) is 0 Å². The van der Waals surface area contributed by atoms with Crippen LogP contribution in [0, 0.1) is 11.6 Å². The zero-order valence-electron chi connectivity index (χ0n) is 10.7. The quantitative estimate of drug-likeness (QED) is 0.741. The van der Waals surface area contributed by atoms with Crippen LogP contribution in [0.5, 0.6) is 0 Å². The van der Waals surface area contributed by atoms with Gasteiger partial charge in [0.25, 0.3) is 0 Å². The number of nitrogens with one attached hydrogen (secondary N) is 2. The second-order valence-electron chi connectivity index (χ2n) is 4.18. The third-order valence-corrected chi connectivity index (χ3v) is 2.75. The predicted octanol–water partition coefficient (Wildman–Crippen LogP) is 1.92. The lowest BCUT2D eigenvalue weighted by Crippen LogP contribution is -2.42. The van der Waals surface area contributed by atoms with Crippen LogP contribution < -0.4 is 10.6 Å². The maximum Gasteiger partial charge on any atom is 0.315 e. The van der Waals surface area contributed by atoms with Crippen molar-refractivity contribution < 1.29 is 18.7 Å². The second-order valence-corrected chi connectivity index (χ2v) is 4.18.